The summed E-state index contributed by atoms with van der Waals surface area (Å²) in [7, 11) is 0. The van der Waals surface area contributed by atoms with Crippen LogP contribution in [0.5, 0.6) is 0 Å². The summed E-state index contributed by atoms with van der Waals surface area (Å²) in [6.45, 7) is 7.04. The van der Waals surface area contributed by atoms with Gasteiger partial charge in [0.15, 0.2) is 0 Å². The average molecular weight is 289 g/mol. The Morgan fingerprint density at radius 1 is 1.25 bits per heavy atom. The van der Waals surface area contributed by atoms with Crippen LogP contribution in [-0.2, 0) is 23.9 Å². The Labute approximate surface area is 118 Å². The number of esters is 1. The highest BCUT2D eigenvalue weighted by atomic mass is 16.5. The van der Waals surface area contributed by atoms with Crippen LogP contribution in [0.25, 0.3) is 0 Å². The first-order valence-corrected chi connectivity index (χ1v) is 6.47. The summed E-state index contributed by atoms with van der Waals surface area (Å²) in [4.78, 5) is 33.7. The minimum Gasteiger partial charge on any atom is -0.480 e. The van der Waals surface area contributed by atoms with E-state index in [1.165, 1.54) is 0 Å². The Balaban J connectivity index is 4.23. The Morgan fingerprint density at radius 3 is 2.30 bits per heavy atom. The molecule has 7 heteroatoms. The molecule has 0 aliphatic heterocycles. The van der Waals surface area contributed by atoms with E-state index in [9.17, 15) is 14.4 Å². The number of amides is 1. The molecule has 0 aliphatic carbocycles. The van der Waals surface area contributed by atoms with Crippen molar-refractivity contribution in [3.05, 3.63) is 0 Å². The Morgan fingerprint density at radius 2 is 1.85 bits per heavy atom. The van der Waals surface area contributed by atoms with Gasteiger partial charge in [-0.05, 0) is 34.1 Å². The minimum absolute atomic E-state index is 0.0184. The number of aliphatic carboxylic acids is 1. The highest BCUT2D eigenvalue weighted by Crippen LogP contribution is 2.06. The standard InChI is InChI=1S/C13H23NO6/c1-5-19-11(16)7-6-9(12(17)18)14-10(15)8-20-13(2,3)4/h9H,5-8H2,1-4H3,(H,14,15)(H,17,18)/t9-/m0/s1. The Bertz CT molecular complexity index is 347. The van der Waals surface area contributed by atoms with Crippen molar-refractivity contribution in [2.45, 2.75) is 52.2 Å². The molecule has 0 heterocycles. The van der Waals surface area contributed by atoms with E-state index < -0.39 is 29.5 Å². The molecule has 116 valence electrons. The molecule has 0 aromatic rings. The molecule has 0 rings (SSSR count). The lowest BCUT2D eigenvalue weighted by molar-refractivity contribution is -0.146. The molecule has 1 atom stereocenters. The number of carboxylic acid groups (broad SMARTS) is 1. The second-order valence-electron chi connectivity index (χ2n) is 5.20. The summed E-state index contributed by atoms with van der Waals surface area (Å²) in [5.41, 5.74) is -0.485. The molecule has 0 bridgehead atoms. The van der Waals surface area contributed by atoms with Crippen molar-refractivity contribution in [1.29, 1.82) is 0 Å². The van der Waals surface area contributed by atoms with Crippen LogP contribution in [0.3, 0.4) is 0 Å². The number of rotatable bonds is 8. The quantitative estimate of drug-likeness (QED) is 0.638. The van der Waals surface area contributed by atoms with E-state index in [0.717, 1.165) is 0 Å². The van der Waals surface area contributed by atoms with Gasteiger partial charge in [-0.2, -0.15) is 0 Å². The molecule has 0 aliphatic rings. The van der Waals surface area contributed by atoms with Crippen LogP contribution in [0, 0.1) is 0 Å². The topological polar surface area (TPSA) is 102 Å². The summed E-state index contributed by atoms with van der Waals surface area (Å²) in [5.74, 6) is -2.21. The van der Waals surface area contributed by atoms with Gasteiger partial charge in [0.1, 0.15) is 12.6 Å². The van der Waals surface area contributed by atoms with Crippen LogP contribution >= 0.6 is 0 Å². The molecule has 0 aromatic heterocycles. The number of carboxylic acids is 1. The molecule has 0 radical (unpaired) electrons. The maximum atomic E-state index is 11.6. The lowest BCUT2D eigenvalue weighted by Crippen LogP contribution is -2.43. The molecule has 1 amide bonds. The fraction of sp³-hybridized carbons (Fsp3) is 0.769. The van der Waals surface area contributed by atoms with Crippen molar-refractivity contribution < 1.29 is 29.0 Å². The summed E-state index contributed by atoms with van der Waals surface area (Å²) in [5, 5.41) is 11.3. The van der Waals surface area contributed by atoms with Crippen LogP contribution in [0.4, 0.5) is 0 Å². The molecule has 0 aromatic carbocycles. The predicted molar refractivity (Wildman–Crippen MR) is 71.1 cm³/mol. The summed E-state index contributed by atoms with van der Waals surface area (Å²) >= 11 is 0. The van der Waals surface area contributed by atoms with Crippen molar-refractivity contribution in [3.63, 3.8) is 0 Å². The van der Waals surface area contributed by atoms with Gasteiger partial charge in [0.05, 0.1) is 12.2 Å². The molecule has 0 saturated carbocycles. The largest absolute Gasteiger partial charge is 0.480 e. The minimum atomic E-state index is -1.20. The molecule has 0 unspecified atom stereocenters. The van der Waals surface area contributed by atoms with E-state index >= 15 is 0 Å². The highest BCUT2D eigenvalue weighted by Gasteiger charge is 2.22. The zero-order valence-electron chi connectivity index (χ0n) is 12.4. The van der Waals surface area contributed by atoms with Gasteiger partial charge >= 0.3 is 11.9 Å². The van der Waals surface area contributed by atoms with Gasteiger partial charge in [0, 0.05) is 6.42 Å². The van der Waals surface area contributed by atoms with Crippen LogP contribution in [0.2, 0.25) is 0 Å². The SMILES string of the molecule is CCOC(=O)CC[C@H](NC(=O)COC(C)(C)C)C(=O)O. The van der Waals surface area contributed by atoms with Crippen LogP contribution in [0.15, 0.2) is 0 Å². The third kappa shape index (κ3) is 9.32. The molecule has 0 saturated heterocycles. The number of carbonyl (C=O) groups is 3. The number of nitrogens with one attached hydrogen (secondary N) is 1. The van der Waals surface area contributed by atoms with Gasteiger partial charge in [-0.25, -0.2) is 4.79 Å². The van der Waals surface area contributed by atoms with Crippen molar-refractivity contribution >= 4 is 17.8 Å². The van der Waals surface area contributed by atoms with E-state index in [0.29, 0.717) is 0 Å². The summed E-state index contributed by atoms with van der Waals surface area (Å²) < 4.78 is 9.94. The maximum Gasteiger partial charge on any atom is 0.326 e. The van der Waals surface area contributed by atoms with E-state index in [1.54, 1.807) is 27.7 Å². The van der Waals surface area contributed by atoms with Crippen molar-refractivity contribution in [3.8, 4) is 0 Å². The van der Waals surface area contributed by atoms with Gasteiger partial charge in [-0.15, -0.1) is 0 Å². The van der Waals surface area contributed by atoms with E-state index in [4.69, 9.17) is 14.6 Å². The van der Waals surface area contributed by atoms with Crippen LogP contribution < -0.4 is 5.32 Å². The van der Waals surface area contributed by atoms with E-state index in [-0.39, 0.29) is 26.1 Å². The number of carbonyl (C=O) groups excluding carboxylic acids is 2. The molecule has 2 N–H and O–H groups in total. The first-order chi connectivity index (χ1) is 9.15. The lowest BCUT2D eigenvalue weighted by atomic mass is 10.1. The zero-order chi connectivity index (χ0) is 15.8. The van der Waals surface area contributed by atoms with Gasteiger partial charge in [0.2, 0.25) is 5.91 Å². The summed E-state index contributed by atoms with van der Waals surface area (Å²) in [6, 6.07) is -1.13. The third-order valence-electron chi connectivity index (χ3n) is 2.21. The maximum absolute atomic E-state index is 11.6. The van der Waals surface area contributed by atoms with Gasteiger partial charge in [-0.3, -0.25) is 9.59 Å². The Hall–Kier alpha value is -1.63. The molecular formula is C13H23NO6. The first-order valence-electron chi connectivity index (χ1n) is 6.47. The van der Waals surface area contributed by atoms with Gasteiger partial charge < -0.3 is 19.9 Å². The number of hydrogen-bond acceptors (Lipinski definition) is 5. The predicted octanol–water partition coefficient (Wildman–Crippen LogP) is 0.714. The monoisotopic (exact) mass is 289 g/mol. The van der Waals surface area contributed by atoms with E-state index in [1.807, 2.05) is 0 Å². The number of hydrogen-bond donors (Lipinski definition) is 2. The van der Waals surface area contributed by atoms with Crippen LogP contribution in [0.1, 0.15) is 40.5 Å². The average Bonchev–Trinajstić information content (AvgIpc) is 2.31. The molecule has 20 heavy (non-hydrogen) atoms. The normalized spacial score (nSPS) is 12.6. The van der Waals surface area contributed by atoms with Crippen molar-refractivity contribution in [2.75, 3.05) is 13.2 Å². The molecular weight excluding hydrogens is 266 g/mol. The van der Waals surface area contributed by atoms with Crippen molar-refractivity contribution in [1.82, 2.24) is 5.32 Å². The second kappa shape index (κ2) is 8.52. The molecule has 7 nitrogen and oxygen atoms in total. The fourth-order valence-corrected chi connectivity index (χ4v) is 1.27. The van der Waals surface area contributed by atoms with Crippen LogP contribution in [-0.4, -0.2) is 47.8 Å². The zero-order valence-corrected chi connectivity index (χ0v) is 12.4. The smallest absolute Gasteiger partial charge is 0.326 e. The lowest BCUT2D eigenvalue weighted by Gasteiger charge is -2.20. The molecule has 0 spiro atoms. The summed E-state index contributed by atoms with van der Waals surface area (Å²) in [6.07, 6.45) is -0.0827. The Kier molecular flexibility index (Phi) is 7.83. The fourth-order valence-electron chi connectivity index (χ4n) is 1.27. The highest BCUT2D eigenvalue weighted by molar-refractivity contribution is 5.84. The van der Waals surface area contributed by atoms with E-state index in [2.05, 4.69) is 5.32 Å². The third-order valence-corrected chi connectivity index (χ3v) is 2.21. The van der Waals surface area contributed by atoms with Gasteiger partial charge in [0.25, 0.3) is 0 Å². The van der Waals surface area contributed by atoms with Gasteiger partial charge in [-0.1, -0.05) is 0 Å². The van der Waals surface area contributed by atoms with Crippen molar-refractivity contribution in [2.24, 2.45) is 0 Å². The number of ether oxygens (including phenoxy) is 2. The first kappa shape index (κ1) is 18.4. The second-order valence-corrected chi connectivity index (χ2v) is 5.20. The molecule has 0 fully saturated rings.